The van der Waals surface area contributed by atoms with Crippen molar-refractivity contribution in [2.75, 3.05) is 37.0 Å². The number of para-hydroxylation sites is 1. The van der Waals surface area contributed by atoms with E-state index in [2.05, 4.69) is 10.1 Å². The lowest BCUT2D eigenvalue weighted by Crippen LogP contribution is -2.44. The number of ether oxygens (including phenoxy) is 1. The second-order valence-corrected chi connectivity index (χ2v) is 7.60. The van der Waals surface area contributed by atoms with Crippen molar-refractivity contribution in [2.45, 2.75) is 19.8 Å². The van der Waals surface area contributed by atoms with E-state index in [-0.39, 0.29) is 11.8 Å². The lowest BCUT2D eigenvalue weighted by molar-refractivity contribution is -0.122. The third kappa shape index (κ3) is 4.01. The Bertz CT molecular complexity index is 1020. The number of aryl methyl sites for hydroxylation is 1. The second-order valence-electron chi connectivity index (χ2n) is 7.60. The van der Waals surface area contributed by atoms with E-state index in [9.17, 15) is 4.79 Å². The van der Waals surface area contributed by atoms with Crippen molar-refractivity contribution in [1.29, 1.82) is 0 Å². The van der Waals surface area contributed by atoms with Gasteiger partial charge in [0.15, 0.2) is 0 Å². The highest BCUT2D eigenvalue weighted by Crippen LogP contribution is 2.28. The normalized spacial score (nSPS) is 16.4. The van der Waals surface area contributed by atoms with Crippen molar-refractivity contribution >= 4 is 17.6 Å². The van der Waals surface area contributed by atoms with Crippen molar-refractivity contribution < 1.29 is 14.1 Å². The SMILES string of the molecule is COc1ccc(-c2noc(N3CCC[C@H](C(=O)N(C)c4ccccc4C)C3)n2)cc1. The molecule has 156 valence electrons. The summed E-state index contributed by atoms with van der Waals surface area (Å²) in [6.45, 7) is 3.38. The summed E-state index contributed by atoms with van der Waals surface area (Å²) in [4.78, 5) is 21.5. The standard InChI is InChI=1S/C23H26N4O3/c1-16-7-4-5-9-20(16)26(2)22(28)18-8-6-14-27(15-18)23-24-21(25-30-23)17-10-12-19(29-3)13-11-17/h4-5,7,9-13,18H,6,8,14-15H2,1-3H3/t18-/m0/s1. The van der Waals surface area contributed by atoms with Crippen molar-refractivity contribution in [3.63, 3.8) is 0 Å². The van der Waals surface area contributed by atoms with Crippen LogP contribution in [0, 0.1) is 12.8 Å². The Morgan fingerprint density at radius 1 is 1.20 bits per heavy atom. The smallest absolute Gasteiger partial charge is 0.324 e. The first-order valence-corrected chi connectivity index (χ1v) is 10.1. The molecular weight excluding hydrogens is 380 g/mol. The summed E-state index contributed by atoms with van der Waals surface area (Å²) >= 11 is 0. The fraction of sp³-hybridized carbons (Fsp3) is 0.348. The first kappa shape index (κ1) is 19.9. The molecule has 0 aliphatic carbocycles. The molecule has 0 spiro atoms. The Morgan fingerprint density at radius 2 is 1.97 bits per heavy atom. The number of carbonyl (C=O) groups excluding carboxylic acids is 1. The number of methoxy groups -OCH3 is 1. The van der Waals surface area contributed by atoms with Gasteiger partial charge in [0.1, 0.15) is 5.75 Å². The number of aromatic nitrogens is 2. The van der Waals surface area contributed by atoms with Crippen LogP contribution in [0.4, 0.5) is 11.7 Å². The van der Waals surface area contributed by atoms with Crippen molar-refractivity contribution in [1.82, 2.24) is 10.1 Å². The highest BCUT2D eigenvalue weighted by molar-refractivity contribution is 5.95. The molecule has 2 heterocycles. The topological polar surface area (TPSA) is 71.7 Å². The van der Waals surface area contributed by atoms with Crippen LogP contribution < -0.4 is 14.5 Å². The van der Waals surface area contributed by atoms with Crippen molar-refractivity contribution in [2.24, 2.45) is 5.92 Å². The predicted octanol–water partition coefficient (Wildman–Crippen LogP) is 3.93. The van der Waals surface area contributed by atoms with Crippen LogP contribution in [0.15, 0.2) is 53.1 Å². The van der Waals surface area contributed by atoms with Gasteiger partial charge in [-0.15, -0.1) is 0 Å². The van der Waals surface area contributed by atoms with Gasteiger partial charge in [-0.1, -0.05) is 23.4 Å². The minimum absolute atomic E-state index is 0.111. The molecule has 0 radical (unpaired) electrons. The summed E-state index contributed by atoms with van der Waals surface area (Å²) in [5, 5.41) is 4.12. The minimum Gasteiger partial charge on any atom is -0.497 e. The molecule has 0 N–H and O–H groups in total. The minimum atomic E-state index is -0.111. The third-order valence-corrected chi connectivity index (χ3v) is 5.61. The van der Waals surface area contributed by atoms with E-state index >= 15 is 0 Å². The maximum atomic E-state index is 13.1. The van der Waals surface area contributed by atoms with Crippen LogP contribution in [0.5, 0.6) is 5.75 Å². The zero-order chi connectivity index (χ0) is 21.1. The molecule has 0 saturated carbocycles. The number of hydrogen-bond donors (Lipinski definition) is 0. The highest BCUT2D eigenvalue weighted by atomic mass is 16.5. The Balaban J connectivity index is 1.47. The molecule has 0 unspecified atom stereocenters. The molecule has 7 heteroatoms. The largest absolute Gasteiger partial charge is 0.497 e. The van der Waals surface area contributed by atoms with Crippen LogP contribution in [-0.4, -0.2) is 43.3 Å². The molecule has 0 bridgehead atoms. The number of piperidine rings is 1. The molecule has 1 amide bonds. The molecule has 3 aromatic rings. The summed E-state index contributed by atoms with van der Waals surface area (Å²) in [5.74, 6) is 1.30. The molecule has 7 nitrogen and oxygen atoms in total. The van der Waals surface area contributed by atoms with Gasteiger partial charge in [0.05, 0.1) is 13.0 Å². The maximum absolute atomic E-state index is 13.1. The quantitative estimate of drug-likeness (QED) is 0.639. The van der Waals surface area contributed by atoms with Gasteiger partial charge < -0.3 is 19.1 Å². The predicted molar refractivity (Wildman–Crippen MR) is 116 cm³/mol. The Hall–Kier alpha value is -3.35. The van der Waals surface area contributed by atoms with Crippen LogP contribution in [-0.2, 0) is 4.79 Å². The number of nitrogens with zero attached hydrogens (tertiary/aromatic N) is 4. The van der Waals surface area contributed by atoms with Gasteiger partial charge in [0, 0.05) is 31.4 Å². The van der Waals surface area contributed by atoms with Crippen molar-refractivity contribution in [3.8, 4) is 17.1 Å². The summed E-state index contributed by atoms with van der Waals surface area (Å²) in [5.41, 5.74) is 2.89. The molecule has 4 rings (SSSR count). The van der Waals surface area contributed by atoms with Gasteiger partial charge in [0.25, 0.3) is 0 Å². The molecule has 1 aliphatic rings. The number of rotatable bonds is 5. The molecule has 1 fully saturated rings. The van der Waals surface area contributed by atoms with Gasteiger partial charge in [-0.3, -0.25) is 4.79 Å². The van der Waals surface area contributed by atoms with Gasteiger partial charge in [0.2, 0.25) is 11.7 Å². The summed E-state index contributed by atoms with van der Waals surface area (Å²) < 4.78 is 10.7. The van der Waals surface area contributed by atoms with E-state index in [1.165, 1.54) is 0 Å². The average Bonchev–Trinajstić information content (AvgIpc) is 3.29. The highest BCUT2D eigenvalue weighted by Gasteiger charge is 2.31. The molecule has 1 aliphatic heterocycles. The van der Waals surface area contributed by atoms with Crippen LogP contribution >= 0.6 is 0 Å². The first-order valence-electron chi connectivity index (χ1n) is 10.1. The zero-order valence-electron chi connectivity index (χ0n) is 17.5. The van der Waals surface area contributed by atoms with Crippen LogP contribution in [0.1, 0.15) is 18.4 Å². The molecule has 1 atom stereocenters. The lowest BCUT2D eigenvalue weighted by atomic mass is 9.96. The van der Waals surface area contributed by atoms with E-state index in [4.69, 9.17) is 9.26 Å². The summed E-state index contributed by atoms with van der Waals surface area (Å²) in [7, 11) is 3.48. The average molecular weight is 406 g/mol. The Labute approximate surface area is 176 Å². The first-order chi connectivity index (χ1) is 14.6. The number of hydrogen-bond acceptors (Lipinski definition) is 6. The van der Waals surface area contributed by atoms with Crippen molar-refractivity contribution in [3.05, 3.63) is 54.1 Å². The van der Waals surface area contributed by atoms with Gasteiger partial charge in [-0.05, 0) is 55.7 Å². The van der Waals surface area contributed by atoms with Gasteiger partial charge >= 0.3 is 6.01 Å². The maximum Gasteiger partial charge on any atom is 0.324 e. The molecule has 1 saturated heterocycles. The molecular formula is C23H26N4O3. The fourth-order valence-corrected chi connectivity index (χ4v) is 3.89. The fourth-order valence-electron chi connectivity index (χ4n) is 3.89. The number of carbonyl (C=O) groups is 1. The second kappa shape index (κ2) is 8.57. The molecule has 30 heavy (non-hydrogen) atoms. The van der Waals surface area contributed by atoms with E-state index in [1.807, 2.05) is 67.4 Å². The molecule has 1 aromatic heterocycles. The van der Waals surface area contributed by atoms with Gasteiger partial charge in [-0.25, -0.2) is 0 Å². The van der Waals surface area contributed by atoms with Gasteiger partial charge in [-0.2, -0.15) is 4.98 Å². The van der Waals surface area contributed by atoms with Crippen LogP contribution in [0.2, 0.25) is 0 Å². The van der Waals surface area contributed by atoms with Crippen LogP contribution in [0.3, 0.4) is 0 Å². The summed E-state index contributed by atoms with van der Waals surface area (Å²) in [6, 6.07) is 15.9. The van der Waals surface area contributed by atoms with E-state index in [1.54, 1.807) is 12.0 Å². The number of benzene rings is 2. The number of amides is 1. The van der Waals surface area contributed by atoms with Crippen LogP contribution in [0.25, 0.3) is 11.4 Å². The molecule has 2 aromatic carbocycles. The van der Waals surface area contributed by atoms with E-state index in [0.29, 0.717) is 18.4 Å². The third-order valence-electron chi connectivity index (χ3n) is 5.61. The lowest BCUT2D eigenvalue weighted by Gasteiger charge is -2.33. The Kier molecular flexibility index (Phi) is 5.70. The zero-order valence-corrected chi connectivity index (χ0v) is 17.5. The van der Waals surface area contributed by atoms with E-state index in [0.717, 1.165) is 42.0 Å². The summed E-state index contributed by atoms with van der Waals surface area (Å²) in [6.07, 6.45) is 1.75. The Morgan fingerprint density at radius 3 is 2.70 bits per heavy atom. The van der Waals surface area contributed by atoms with E-state index < -0.39 is 0 Å². The monoisotopic (exact) mass is 406 g/mol. The number of anilines is 2.